The van der Waals surface area contributed by atoms with Crippen molar-refractivity contribution in [3.05, 3.63) is 0 Å². The highest BCUT2D eigenvalue weighted by Crippen LogP contribution is 2.59. The molecule has 4 bridgehead atoms. The van der Waals surface area contributed by atoms with E-state index >= 15 is 0 Å². The standard InChI is InChI=1S/C16H29NO2/c1-17(2)9-15(18)10-19-11-16-6-12-3-13(7-16)5-14(4-12)8-16/h12-15,18H,3-11H2,1-2H3/p+1/t12?,13?,14?,15-,16?/m0/s1. The molecule has 0 unspecified atom stereocenters. The van der Waals surface area contributed by atoms with Crippen LogP contribution in [0.25, 0.3) is 0 Å². The molecule has 0 aromatic rings. The second-order valence-electron chi connectivity index (χ2n) is 8.00. The summed E-state index contributed by atoms with van der Waals surface area (Å²) in [6.07, 6.45) is 8.36. The van der Waals surface area contributed by atoms with Crippen molar-refractivity contribution < 1.29 is 14.7 Å². The van der Waals surface area contributed by atoms with Gasteiger partial charge in [0.1, 0.15) is 12.6 Å². The maximum absolute atomic E-state index is 9.89. The zero-order chi connectivity index (χ0) is 13.5. The predicted octanol–water partition coefficient (Wildman–Crippen LogP) is 0.725. The Bertz CT molecular complexity index is 281. The van der Waals surface area contributed by atoms with Crippen molar-refractivity contribution in [2.24, 2.45) is 23.2 Å². The Morgan fingerprint density at radius 1 is 1.11 bits per heavy atom. The van der Waals surface area contributed by atoms with Crippen molar-refractivity contribution >= 4 is 0 Å². The van der Waals surface area contributed by atoms with Gasteiger partial charge in [-0.2, -0.15) is 0 Å². The molecule has 0 spiro atoms. The molecule has 0 aromatic heterocycles. The molecule has 0 aliphatic heterocycles. The average molecular weight is 268 g/mol. The van der Waals surface area contributed by atoms with Gasteiger partial charge < -0.3 is 14.7 Å². The highest BCUT2D eigenvalue weighted by atomic mass is 16.5. The first-order valence-electron chi connectivity index (χ1n) is 8.09. The van der Waals surface area contributed by atoms with Crippen LogP contribution in [-0.2, 0) is 4.74 Å². The first-order valence-corrected chi connectivity index (χ1v) is 8.09. The summed E-state index contributed by atoms with van der Waals surface area (Å²) in [6, 6.07) is 0. The van der Waals surface area contributed by atoms with Crippen LogP contribution in [-0.4, -0.2) is 45.1 Å². The molecule has 1 atom stereocenters. The first kappa shape index (κ1) is 13.8. The number of rotatable bonds is 6. The molecule has 4 aliphatic rings. The van der Waals surface area contributed by atoms with E-state index in [0.717, 1.165) is 30.9 Å². The minimum atomic E-state index is -0.307. The summed E-state index contributed by atoms with van der Waals surface area (Å²) in [7, 11) is 4.14. The van der Waals surface area contributed by atoms with Crippen molar-refractivity contribution in [3.8, 4) is 0 Å². The number of quaternary nitrogens is 1. The van der Waals surface area contributed by atoms with Crippen LogP contribution >= 0.6 is 0 Å². The molecule has 110 valence electrons. The highest BCUT2D eigenvalue weighted by Gasteiger charge is 2.50. The molecule has 2 N–H and O–H groups in total. The molecule has 0 heterocycles. The van der Waals surface area contributed by atoms with Crippen molar-refractivity contribution in [3.63, 3.8) is 0 Å². The summed E-state index contributed by atoms with van der Waals surface area (Å²) in [5.74, 6) is 2.97. The van der Waals surface area contributed by atoms with Gasteiger partial charge in [0.25, 0.3) is 0 Å². The van der Waals surface area contributed by atoms with E-state index in [9.17, 15) is 5.11 Å². The van der Waals surface area contributed by atoms with Gasteiger partial charge in [0.2, 0.25) is 0 Å². The minimum Gasteiger partial charge on any atom is -0.385 e. The summed E-state index contributed by atoms with van der Waals surface area (Å²) < 4.78 is 5.92. The van der Waals surface area contributed by atoms with E-state index in [4.69, 9.17) is 4.74 Å². The molecule has 19 heavy (non-hydrogen) atoms. The van der Waals surface area contributed by atoms with Gasteiger partial charge in [-0.3, -0.25) is 0 Å². The van der Waals surface area contributed by atoms with Crippen molar-refractivity contribution in [1.29, 1.82) is 0 Å². The maximum Gasteiger partial charge on any atom is 0.126 e. The lowest BCUT2D eigenvalue weighted by Crippen LogP contribution is -3.07. The SMILES string of the molecule is C[NH+](C)C[C@H](O)COCC12CC3CC(CC(C3)C1)C2. The Hall–Kier alpha value is -0.120. The normalized spacial score (nSPS) is 42.0. The molecular formula is C16H30NO2+. The molecule has 3 nitrogen and oxygen atoms in total. The molecule has 4 fully saturated rings. The highest BCUT2D eigenvalue weighted by molar-refractivity contribution is 5.01. The molecule has 0 radical (unpaired) electrons. The monoisotopic (exact) mass is 268 g/mol. The summed E-state index contributed by atoms with van der Waals surface area (Å²) >= 11 is 0. The number of hydrogen-bond donors (Lipinski definition) is 2. The van der Waals surface area contributed by atoms with Gasteiger partial charge in [0.05, 0.1) is 27.3 Å². The first-order chi connectivity index (χ1) is 9.05. The Labute approximate surface area is 117 Å². The second-order valence-corrected chi connectivity index (χ2v) is 8.00. The zero-order valence-corrected chi connectivity index (χ0v) is 12.5. The quantitative estimate of drug-likeness (QED) is 0.744. The van der Waals surface area contributed by atoms with Crippen LogP contribution in [0.1, 0.15) is 38.5 Å². The fraction of sp³-hybridized carbons (Fsp3) is 1.00. The third-order valence-corrected chi connectivity index (χ3v) is 5.53. The van der Waals surface area contributed by atoms with Crippen LogP contribution in [0.4, 0.5) is 0 Å². The van der Waals surface area contributed by atoms with E-state index in [1.54, 1.807) is 0 Å². The van der Waals surface area contributed by atoms with E-state index in [-0.39, 0.29) is 6.10 Å². The number of hydrogen-bond acceptors (Lipinski definition) is 2. The van der Waals surface area contributed by atoms with E-state index in [2.05, 4.69) is 14.1 Å². The largest absolute Gasteiger partial charge is 0.385 e. The smallest absolute Gasteiger partial charge is 0.126 e. The summed E-state index contributed by atoms with van der Waals surface area (Å²) in [5.41, 5.74) is 0.486. The number of nitrogens with one attached hydrogen (secondary N) is 1. The summed E-state index contributed by atoms with van der Waals surface area (Å²) in [6.45, 7) is 2.20. The van der Waals surface area contributed by atoms with Crippen molar-refractivity contribution in [2.75, 3.05) is 33.9 Å². The van der Waals surface area contributed by atoms with Crippen LogP contribution in [0, 0.1) is 23.2 Å². The van der Waals surface area contributed by atoms with Gasteiger partial charge in [0, 0.05) is 0 Å². The van der Waals surface area contributed by atoms with Crippen LogP contribution in [0.15, 0.2) is 0 Å². The predicted molar refractivity (Wildman–Crippen MR) is 75.1 cm³/mol. The lowest BCUT2D eigenvalue weighted by atomic mass is 9.50. The fourth-order valence-electron chi connectivity index (χ4n) is 5.41. The maximum atomic E-state index is 9.89. The lowest BCUT2D eigenvalue weighted by Gasteiger charge is -2.56. The van der Waals surface area contributed by atoms with Crippen LogP contribution in [0.3, 0.4) is 0 Å². The van der Waals surface area contributed by atoms with Gasteiger partial charge >= 0.3 is 0 Å². The van der Waals surface area contributed by atoms with Crippen molar-refractivity contribution in [1.82, 2.24) is 0 Å². The Kier molecular flexibility index (Phi) is 3.89. The third-order valence-electron chi connectivity index (χ3n) is 5.53. The molecule has 4 saturated carbocycles. The summed E-state index contributed by atoms with van der Waals surface area (Å²) in [5, 5.41) is 9.89. The molecule has 0 saturated heterocycles. The van der Waals surface area contributed by atoms with E-state index in [1.165, 1.54) is 43.4 Å². The van der Waals surface area contributed by atoms with Gasteiger partial charge in [-0.1, -0.05) is 0 Å². The molecule has 4 rings (SSSR count). The Morgan fingerprint density at radius 2 is 1.63 bits per heavy atom. The number of aliphatic hydroxyl groups excluding tert-OH is 1. The average Bonchev–Trinajstić information content (AvgIpc) is 2.25. The molecule has 0 aromatic carbocycles. The number of ether oxygens (including phenoxy) is 1. The summed E-state index contributed by atoms with van der Waals surface area (Å²) in [4.78, 5) is 1.28. The van der Waals surface area contributed by atoms with Crippen molar-refractivity contribution in [2.45, 2.75) is 44.6 Å². The Morgan fingerprint density at radius 3 is 2.11 bits per heavy atom. The van der Waals surface area contributed by atoms with Gasteiger partial charge in [-0.25, -0.2) is 0 Å². The van der Waals surface area contributed by atoms with Crippen LogP contribution in [0.2, 0.25) is 0 Å². The molecule has 4 aliphatic carbocycles. The van der Waals surface area contributed by atoms with Gasteiger partial charge in [0.15, 0.2) is 0 Å². The second kappa shape index (κ2) is 5.34. The van der Waals surface area contributed by atoms with Crippen LogP contribution in [0.5, 0.6) is 0 Å². The fourth-order valence-corrected chi connectivity index (χ4v) is 5.41. The van der Waals surface area contributed by atoms with E-state index in [1.807, 2.05) is 0 Å². The third kappa shape index (κ3) is 3.14. The molecule has 0 amide bonds. The van der Waals surface area contributed by atoms with Gasteiger partial charge in [-0.05, 0) is 61.7 Å². The molecular weight excluding hydrogens is 238 g/mol. The Balaban J connectivity index is 1.47. The van der Waals surface area contributed by atoms with E-state index < -0.39 is 0 Å². The number of aliphatic hydroxyl groups is 1. The topological polar surface area (TPSA) is 33.9 Å². The molecule has 3 heteroatoms. The zero-order valence-electron chi connectivity index (χ0n) is 12.5. The van der Waals surface area contributed by atoms with E-state index in [0.29, 0.717) is 12.0 Å². The lowest BCUT2D eigenvalue weighted by molar-refractivity contribution is -0.861. The van der Waals surface area contributed by atoms with Crippen LogP contribution < -0.4 is 4.90 Å². The number of likely N-dealkylation sites (N-methyl/N-ethyl adjacent to an activating group) is 1. The van der Waals surface area contributed by atoms with Gasteiger partial charge in [-0.15, -0.1) is 0 Å². The minimum absolute atomic E-state index is 0.307.